The molecule has 0 atom stereocenters. The first-order valence-electron chi connectivity index (χ1n) is 4.76. The molecule has 1 aromatic rings. The summed E-state index contributed by atoms with van der Waals surface area (Å²) >= 11 is 0. The number of carbonyl (C=O) groups is 1. The van der Waals surface area contributed by atoms with E-state index in [2.05, 4.69) is 14.7 Å². The van der Waals surface area contributed by atoms with Crippen LogP contribution in [0.5, 0.6) is 0 Å². The second-order valence-electron chi connectivity index (χ2n) is 3.36. The van der Waals surface area contributed by atoms with Gasteiger partial charge in [0.1, 0.15) is 17.1 Å². The highest BCUT2D eigenvalue weighted by Gasteiger charge is 2.14. The monoisotopic (exact) mass is 260 g/mol. The van der Waals surface area contributed by atoms with E-state index in [-0.39, 0.29) is 23.7 Å². The van der Waals surface area contributed by atoms with Gasteiger partial charge in [0, 0.05) is 12.5 Å². The maximum Gasteiger partial charge on any atom is 0.345 e. The largest absolute Gasteiger partial charge is 0.462 e. The molecule has 7 nitrogen and oxygen atoms in total. The first-order chi connectivity index (χ1) is 7.83. The Balaban J connectivity index is 3.02. The number of rotatable bonds is 4. The summed E-state index contributed by atoms with van der Waals surface area (Å²) < 4.78 is 26.6. The molecule has 0 amide bonds. The lowest BCUT2D eigenvalue weighted by Crippen LogP contribution is -2.22. The Morgan fingerprint density at radius 1 is 1.53 bits per heavy atom. The molecule has 0 bridgehead atoms. The van der Waals surface area contributed by atoms with E-state index in [0.29, 0.717) is 0 Å². The van der Waals surface area contributed by atoms with E-state index in [1.807, 2.05) is 0 Å². The van der Waals surface area contributed by atoms with Crippen LogP contribution in [-0.4, -0.2) is 37.2 Å². The van der Waals surface area contributed by atoms with Crippen molar-refractivity contribution in [2.24, 2.45) is 0 Å². The molecule has 0 aliphatic heterocycles. The normalized spacial score (nSPS) is 11.2. The molecule has 0 aromatic carbocycles. The summed E-state index contributed by atoms with van der Waals surface area (Å²) in [5, 5.41) is 0. The van der Waals surface area contributed by atoms with Crippen molar-refractivity contribution in [1.29, 1.82) is 0 Å². The number of hydrogen-bond acceptors (Lipinski definition) is 6. The van der Waals surface area contributed by atoms with Gasteiger partial charge in [-0.05, 0) is 6.92 Å². The first kappa shape index (κ1) is 13.4. The number of aromatic amines is 1. The van der Waals surface area contributed by atoms with E-state index in [1.165, 1.54) is 0 Å². The van der Waals surface area contributed by atoms with E-state index in [1.54, 1.807) is 6.92 Å². The molecule has 17 heavy (non-hydrogen) atoms. The fourth-order valence-electron chi connectivity index (χ4n) is 1.11. The molecule has 94 valence electrons. The lowest BCUT2D eigenvalue weighted by atomic mass is 10.3. The summed E-state index contributed by atoms with van der Waals surface area (Å²) in [5.41, 5.74) is -0.957. The molecular formula is C9H12N2O5S. The minimum atomic E-state index is -3.29. The van der Waals surface area contributed by atoms with E-state index in [9.17, 15) is 18.0 Å². The van der Waals surface area contributed by atoms with Crippen LogP contribution in [-0.2, 0) is 20.3 Å². The van der Waals surface area contributed by atoms with Gasteiger partial charge in [0.05, 0.1) is 6.61 Å². The maximum atomic E-state index is 11.5. The number of nitrogens with zero attached hydrogens (tertiary/aromatic N) is 1. The molecule has 0 spiro atoms. The van der Waals surface area contributed by atoms with Crippen molar-refractivity contribution in [3.8, 4) is 0 Å². The second-order valence-corrected chi connectivity index (χ2v) is 5.50. The SMILES string of the molecule is CCOC(=O)c1cnc(CS(C)(=O)=O)[nH]c1=O. The summed E-state index contributed by atoms with van der Waals surface area (Å²) in [5.74, 6) is -1.18. The Morgan fingerprint density at radius 3 is 2.65 bits per heavy atom. The van der Waals surface area contributed by atoms with E-state index in [4.69, 9.17) is 0 Å². The highest BCUT2D eigenvalue weighted by atomic mass is 32.2. The molecule has 0 radical (unpaired) electrons. The molecule has 0 fully saturated rings. The summed E-state index contributed by atoms with van der Waals surface area (Å²) in [4.78, 5) is 28.6. The Kier molecular flexibility index (Phi) is 4.00. The van der Waals surface area contributed by atoms with Gasteiger partial charge in [-0.25, -0.2) is 18.2 Å². The van der Waals surface area contributed by atoms with E-state index in [0.717, 1.165) is 12.5 Å². The topological polar surface area (TPSA) is 106 Å². The number of ether oxygens (including phenoxy) is 1. The van der Waals surface area contributed by atoms with Gasteiger partial charge in [0.25, 0.3) is 5.56 Å². The fraction of sp³-hybridized carbons (Fsp3) is 0.444. The molecule has 0 aliphatic carbocycles. The average molecular weight is 260 g/mol. The average Bonchev–Trinajstić information content (AvgIpc) is 2.15. The summed E-state index contributed by atoms with van der Waals surface area (Å²) in [6.07, 6.45) is 2.03. The third kappa shape index (κ3) is 3.99. The maximum absolute atomic E-state index is 11.5. The molecule has 0 unspecified atom stereocenters. The molecule has 1 N–H and O–H groups in total. The minimum Gasteiger partial charge on any atom is -0.462 e. The lowest BCUT2D eigenvalue weighted by Gasteiger charge is -2.02. The highest BCUT2D eigenvalue weighted by Crippen LogP contribution is 1.98. The van der Waals surface area contributed by atoms with Gasteiger partial charge in [-0.3, -0.25) is 4.79 Å². The molecule has 1 aromatic heterocycles. The van der Waals surface area contributed by atoms with Crippen LogP contribution in [0, 0.1) is 0 Å². The second kappa shape index (κ2) is 5.09. The summed E-state index contributed by atoms with van der Waals surface area (Å²) in [7, 11) is -3.29. The van der Waals surface area contributed by atoms with Crippen LogP contribution in [0.4, 0.5) is 0 Å². The van der Waals surface area contributed by atoms with Gasteiger partial charge >= 0.3 is 5.97 Å². The smallest absolute Gasteiger partial charge is 0.345 e. The number of H-pyrrole nitrogens is 1. The van der Waals surface area contributed by atoms with Crippen LogP contribution in [0.15, 0.2) is 11.0 Å². The third-order valence-corrected chi connectivity index (χ3v) is 2.54. The molecular weight excluding hydrogens is 248 g/mol. The van der Waals surface area contributed by atoms with Gasteiger partial charge in [-0.1, -0.05) is 0 Å². The Labute approximate surface area is 97.8 Å². The highest BCUT2D eigenvalue weighted by molar-refractivity contribution is 7.89. The summed E-state index contributed by atoms with van der Waals surface area (Å²) in [6.45, 7) is 1.75. The molecule has 1 heterocycles. The fourth-order valence-corrected chi connectivity index (χ4v) is 1.75. The molecule has 0 saturated carbocycles. The quantitative estimate of drug-likeness (QED) is 0.731. The van der Waals surface area contributed by atoms with Gasteiger partial charge in [-0.15, -0.1) is 0 Å². The zero-order valence-electron chi connectivity index (χ0n) is 9.39. The Bertz CT molecular complexity index is 575. The van der Waals surface area contributed by atoms with Crippen molar-refractivity contribution in [2.75, 3.05) is 12.9 Å². The number of aromatic nitrogens is 2. The van der Waals surface area contributed by atoms with Crippen LogP contribution in [0.1, 0.15) is 23.1 Å². The molecule has 1 rings (SSSR count). The van der Waals surface area contributed by atoms with Gasteiger partial charge in [-0.2, -0.15) is 0 Å². The number of esters is 1. The summed E-state index contributed by atoms with van der Waals surface area (Å²) in [6, 6.07) is 0. The minimum absolute atomic E-state index is 0.00875. The van der Waals surface area contributed by atoms with Crippen molar-refractivity contribution < 1.29 is 17.9 Å². The zero-order chi connectivity index (χ0) is 13.1. The van der Waals surface area contributed by atoms with Crippen LogP contribution in [0.2, 0.25) is 0 Å². The van der Waals surface area contributed by atoms with Crippen LogP contribution >= 0.6 is 0 Å². The van der Waals surface area contributed by atoms with Crippen LogP contribution in [0.25, 0.3) is 0 Å². The van der Waals surface area contributed by atoms with E-state index < -0.39 is 21.4 Å². The van der Waals surface area contributed by atoms with Crippen molar-refractivity contribution in [1.82, 2.24) is 9.97 Å². The molecule has 0 aliphatic rings. The van der Waals surface area contributed by atoms with Crippen molar-refractivity contribution in [3.05, 3.63) is 27.9 Å². The van der Waals surface area contributed by atoms with Crippen molar-refractivity contribution >= 4 is 15.8 Å². The van der Waals surface area contributed by atoms with Crippen LogP contribution in [0.3, 0.4) is 0 Å². The van der Waals surface area contributed by atoms with Crippen molar-refractivity contribution in [3.63, 3.8) is 0 Å². The molecule has 0 saturated heterocycles. The number of nitrogens with one attached hydrogen (secondary N) is 1. The van der Waals surface area contributed by atoms with Crippen molar-refractivity contribution in [2.45, 2.75) is 12.7 Å². The Morgan fingerprint density at radius 2 is 2.18 bits per heavy atom. The van der Waals surface area contributed by atoms with Gasteiger partial charge in [0.15, 0.2) is 9.84 Å². The number of hydrogen-bond donors (Lipinski definition) is 1. The molecule has 8 heteroatoms. The predicted molar refractivity (Wildman–Crippen MR) is 59.4 cm³/mol. The first-order valence-corrected chi connectivity index (χ1v) is 6.82. The number of carbonyl (C=O) groups excluding carboxylic acids is 1. The van der Waals surface area contributed by atoms with Gasteiger partial charge < -0.3 is 9.72 Å². The lowest BCUT2D eigenvalue weighted by molar-refractivity contribution is 0.0523. The Hall–Kier alpha value is -1.70. The predicted octanol–water partition coefficient (Wildman–Crippen LogP) is -0.509. The standard InChI is InChI=1S/C9H12N2O5S/c1-3-16-9(13)6-4-10-7(11-8(6)12)5-17(2,14)15/h4H,3,5H2,1-2H3,(H,10,11,12). The van der Waals surface area contributed by atoms with E-state index >= 15 is 0 Å². The van der Waals surface area contributed by atoms with Crippen LogP contribution < -0.4 is 5.56 Å². The zero-order valence-corrected chi connectivity index (χ0v) is 10.2. The number of sulfone groups is 1. The van der Waals surface area contributed by atoms with Gasteiger partial charge in [0.2, 0.25) is 0 Å². The third-order valence-electron chi connectivity index (χ3n) is 1.75.